The zero-order valence-electron chi connectivity index (χ0n) is 9.10. The Balaban J connectivity index is 2.09. The van der Waals surface area contributed by atoms with Crippen molar-refractivity contribution >= 4 is 6.29 Å². The summed E-state index contributed by atoms with van der Waals surface area (Å²) in [5.74, 6) is 0.210. The summed E-state index contributed by atoms with van der Waals surface area (Å²) in [6, 6.07) is 13.1. The molecule has 0 aliphatic heterocycles. The van der Waals surface area contributed by atoms with Gasteiger partial charge in [0.15, 0.2) is 6.29 Å². The molecule has 0 atom stereocenters. The highest BCUT2D eigenvalue weighted by Gasteiger charge is 2.02. The van der Waals surface area contributed by atoms with Crippen LogP contribution in [0.25, 0.3) is 0 Å². The van der Waals surface area contributed by atoms with Crippen LogP contribution in [0.2, 0.25) is 0 Å². The van der Waals surface area contributed by atoms with Crippen LogP contribution >= 0.6 is 0 Å². The van der Waals surface area contributed by atoms with Crippen molar-refractivity contribution in [2.24, 2.45) is 0 Å². The van der Waals surface area contributed by atoms with Crippen LogP contribution in [-0.2, 0) is 6.61 Å². The lowest BCUT2D eigenvalue weighted by Crippen LogP contribution is -1.98. The first-order valence-electron chi connectivity index (χ1n) is 5.21. The molecule has 17 heavy (non-hydrogen) atoms. The Morgan fingerprint density at radius 2 is 1.94 bits per heavy atom. The van der Waals surface area contributed by atoms with Crippen LogP contribution in [0.5, 0.6) is 5.75 Å². The number of carbonyl (C=O) groups excluding carboxylic acids is 1. The number of aldehydes is 1. The van der Waals surface area contributed by atoms with Crippen LogP contribution in [0, 0.1) is 5.82 Å². The molecule has 0 unspecified atom stereocenters. The summed E-state index contributed by atoms with van der Waals surface area (Å²) in [4.78, 5) is 10.8. The predicted octanol–water partition coefficient (Wildman–Crippen LogP) is 3.22. The van der Waals surface area contributed by atoms with Crippen LogP contribution in [0.1, 0.15) is 15.9 Å². The lowest BCUT2D eigenvalue weighted by atomic mass is 10.2. The first-order valence-corrected chi connectivity index (χ1v) is 5.21. The number of hydrogen-bond acceptors (Lipinski definition) is 2. The molecule has 86 valence electrons. The van der Waals surface area contributed by atoms with Gasteiger partial charge in [-0.1, -0.05) is 24.3 Å². The molecular weight excluding hydrogens is 219 g/mol. The summed E-state index contributed by atoms with van der Waals surface area (Å²) < 4.78 is 18.4. The number of carbonyl (C=O) groups is 1. The van der Waals surface area contributed by atoms with Crippen LogP contribution in [0.3, 0.4) is 0 Å². The predicted molar refractivity (Wildman–Crippen MR) is 62.6 cm³/mol. The van der Waals surface area contributed by atoms with E-state index in [0.717, 1.165) is 11.8 Å². The van der Waals surface area contributed by atoms with Gasteiger partial charge in [0.25, 0.3) is 0 Å². The first kappa shape index (κ1) is 11.3. The Labute approximate surface area is 98.7 Å². The van der Waals surface area contributed by atoms with E-state index in [-0.39, 0.29) is 12.4 Å². The molecule has 0 saturated heterocycles. The molecule has 0 aliphatic carbocycles. The van der Waals surface area contributed by atoms with Crippen molar-refractivity contribution in [1.29, 1.82) is 0 Å². The molecule has 0 aromatic heterocycles. The maximum atomic E-state index is 12.9. The molecule has 2 aromatic carbocycles. The minimum Gasteiger partial charge on any atom is -0.488 e. The van der Waals surface area contributed by atoms with Gasteiger partial charge in [0, 0.05) is 0 Å². The summed E-state index contributed by atoms with van der Waals surface area (Å²) in [7, 11) is 0. The van der Waals surface area contributed by atoms with Gasteiger partial charge in [0.05, 0.1) is 5.56 Å². The third kappa shape index (κ3) is 2.91. The number of halogens is 1. The fraction of sp³-hybridized carbons (Fsp3) is 0.0714. The molecule has 0 N–H and O–H groups in total. The highest BCUT2D eigenvalue weighted by Crippen LogP contribution is 2.17. The molecule has 3 heteroatoms. The molecule has 0 saturated carbocycles. The van der Waals surface area contributed by atoms with Crippen molar-refractivity contribution in [2.45, 2.75) is 6.61 Å². The van der Waals surface area contributed by atoms with E-state index in [1.807, 2.05) is 0 Å². The molecular formula is C14H11FO2. The quantitative estimate of drug-likeness (QED) is 0.754. The molecule has 2 nitrogen and oxygen atoms in total. The number of hydrogen-bond donors (Lipinski definition) is 0. The van der Waals surface area contributed by atoms with Gasteiger partial charge in [-0.15, -0.1) is 0 Å². The largest absolute Gasteiger partial charge is 0.488 e. The van der Waals surface area contributed by atoms with E-state index in [2.05, 4.69) is 0 Å². The SMILES string of the molecule is O=Cc1ccccc1OCc1cccc(F)c1. The lowest BCUT2D eigenvalue weighted by molar-refractivity contribution is 0.111. The van der Waals surface area contributed by atoms with Crippen molar-refractivity contribution in [1.82, 2.24) is 0 Å². The Kier molecular flexibility index (Phi) is 3.50. The molecule has 0 aliphatic rings. The normalized spacial score (nSPS) is 9.94. The Hall–Kier alpha value is -2.16. The van der Waals surface area contributed by atoms with Gasteiger partial charge in [-0.25, -0.2) is 4.39 Å². The van der Waals surface area contributed by atoms with Crippen molar-refractivity contribution in [3.63, 3.8) is 0 Å². The second-order valence-corrected chi connectivity index (χ2v) is 3.57. The van der Waals surface area contributed by atoms with Crippen LogP contribution in [0.15, 0.2) is 48.5 Å². The second kappa shape index (κ2) is 5.25. The van der Waals surface area contributed by atoms with Crippen molar-refractivity contribution in [3.05, 3.63) is 65.5 Å². The van der Waals surface area contributed by atoms with Gasteiger partial charge in [0.1, 0.15) is 18.2 Å². The number of para-hydroxylation sites is 1. The Bertz CT molecular complexity index is 523. The second-order valence-electron chi connectivity index (χ2n) is 3.57. The zero-order valence-corrected chi connectivity index (χ0v) is 9.10. The van der Waals surface area contributed by atoms with Gasteiger partial charge >= 0.3 is 0 Å². The fourth-order valence-corrected chi connectivity index (χ4v) is 1.50. The minimum atomic E-state index is -0.297. The number of ether oxygens (including phenoxy) is 1. The third-order valence-corrected chi connectivity index (χ3v) is 2.33. The fourth-order valence-electron chi connectivity index (χ4n) is 1.50. The topological polar surface area (TPSA) is 26.3 Å². The summed E-state index contributed by atoms with van der Waals surface area (Å²) in [6.07, 6.45) is 0.737. The van der Waals surface area contributed by atoms with E-state index in [4.69, 9.17) is 4.74 Å². The summed E-state index contributed by atoms with van der Waals surface area (Å²) >= 11 is 0. The molecule has 0 radical (unpaired) electrons. The molecule has 0 spiro atoms. The standard InChI is InChI=1S/C14H11FO2/c15-13-6-3-4-11(8-13)10-17-14-7-2-1-5-12(14)9-16/h1-9H,10H2. The summed E-state index contributed by atoms with van der Waals surface area (Å²) in [6.45, 7) is 0.239. The summed E-state index contributed by atoms with van der Waals surface area (Å²) in [5, 5.41) is 0. The highest BCUT2D eigenvalue weighted by molar-refractivity contribution is 5.79. The van der Waals surface area contributed by atoms with Gasteiger partial charge in [0.2, 0.25) is 0 Å². The van der Waals surface area contributed by atoms with Gasteiger partial charge < -0.3 is 4.74 Å². The average Bonchev–Trinajstić information content (AvgIpc) is 2.37. The third-order valence-electron chi connectivity index (χ3n) is 2.33. The van der Waals surface area contributed by atoms with E-state index in [1.165, 1.54) is 12.1 Å². The lowest BCUT2D eigenvalue weighted by Gasteiger charge is -2.08. The van der Waals surface area contributed by atoms with Crippen LogP contribution in [0.4, 0.5) is 4.39 Å². The van der Waals surface area contributed by atoms with Crippen LogP contribution in [-0.4, -0.2) is 6.29 Å². The van der Waals surface area contributed by atoms with E-state index in [1.54, 1.807) is 36.4 Å². The molecule has 0 fully saturated rings. The van der Waals surface area contributed by atoms with Crippen molar-refractivity contribution < 1.29 is 13.9 Å². The van der Waals surface area contributed by atoms with E-state index < -0.39 is 0 Å². The first-order chi connectivity index (χ1) is 8.29. The van der Waals surface area contributed by atoms with Gasteiger partial charge in [-0.2, -0.15) is 0 Å². The number of rotatable bonds is 4. The Morgan fingerprint density at radius 3 is 2.71 bits per heavy atom. The average molecular weight is 230 g/mol. The smallest absolute Gasteiger partial charge is 0.153 e. The Morgan fingerprint density at radius 1 is 1.12 bits per heavy atom. The molecule has 2 rings (SSSR count). The molecule has 0 amide bonds. The molecule has 2 aromatic rings. The van der Waals surface area contributed by atoms with Crippen molar-refractivity contribution in [2.75, 3.05) is 0 Å². The molecule has 0 heterocycles. The highest BCUT2D eigenvalue weighted by atomic mass is 19.1. The van der Waals surface area contributed by atoms with E-state index >= 15 is 0 Å². The summed E-state index contributed by atoms with van der Waals surface area (Å²) in [5.41, 5.74) is 1.22. The van der Waals surface area contributed by atoms with E-state index in [0.29, 0.717) is 11.3 Å². The monoisotopic (exact) mass is 230 g/mol. The maximum Gasteiger partial charge on any atom is 0.153 e. The van der Waals surface area contributed by atoms with E-state index in [9.17, 15) is 9.18 Å². The van der Waals surface area contributed by atoms with Crippen molar-refractivity contribution in [3.8, 4) is 5.75 Å². The number of benzene rings is 2. The van der Waals surface area contributed by atoms with Gasteiger partial charge in [-0.3, -0.25) is 4.79 Å². The molecule has 0 bridgehead atoms. The van der Waals surface area contributed by atoms with Crippen LogP contribution < -0.4 is 4.74 Å². The maximum absolute atomic E-state index is 12.9. The van der Waals surface area contributed by atoms with Gasteiger partial charge in [-0.05, 0) is 29.8 Å². The zero-order chi connectivity index (χ0) is 12.1. The minimum absolute atomic E-state index is 0.239.